The van der Waals surface area contributed by atoms with Crippen molar-refractivity contribution in [1.82, 2.24) is 14.8 Å². The van der Waals surface area contributed by atoms with Gasteiger partial charge in [0.2, 0.25) is 0 Å². The molecule has 0 unspecified atom stereocenters. The summed E-state index contributed by atoms with van der Waals surface area (Å²) >= 11 is 5.86. The number of benzene rings is 1. The van der Waals surface area contributed by atoms with Crippen molar-refractivity contribution in [2.45, 2.75) is 25.7 Å². The molecule has 2 amide bonds. The molecule has 1 aromatic heterocycles. The summed E-state index contributed by atoms with van der Waals surface area (Å²) in [6, 6.07) is 10.7. The van der Waals surface area contributed by atoms with Crippen LogP contribution in [0.15, 0.2) is 36.4 Å². The number of carbonyl (C=O) groups is 2. The predicted molar refractivity (Wildman–Crippen MR) is 112 cm³/mol. The summed E-state index contributed by atoms with van der Waals surface area (Å²) in [6.07, 6.45) is 1.55. The summed E-state index contributed by atoms with van der Waals surface area (Å²) in [5.74, 6) is 0.700. The first kappa shape index (κ1) is 21.1. The maximum Gasteiger partial charge on any atom is 0.260 e. The van der Waals surface area contributed by atoms with E-state index in [1.165, 1.54) is 0 Å². The quantitative estimate of drug-likeness (QED) is 0.749. The van der Waals surface area contributed by atoms with E-state index in [9.17, 15) is 9.59 Å². The molecule has 1 aliphatic heterocycles. The maximum atomic E-state index is 12.5. The van der Waals surface area contributed by atoms with Crippen LogP contribution in [0, 0.1) is 6.92 Å². The highest BCUT2D eigenvalue weighted by atomic mass is 35.5. The molecule has 2 aromatic rings. The van der Waals surface area contributed by atoms with Crippen molar-refractivity contribution in [2.75, 3.05) is 33.8 Å². The van der Waals surface area contributed by atoms with Crippen molar-refractivity contribution in [2.24, 2.45) is 0 Å². The van der Waals surface area contributed by atoms with Gasteiger partial charge in [0, 0.05) is 43.8 Å². The summed E-state index contributed by atoms with van der Waals surface area (Å²) < 4.78 is 5.57. The van der Waals surface area contributed by atoms with Gasteiger partial charge in [-0.1, -0.05) is 11.6 Å². The van der Waals surface area contributed by atoms with Crippen LogP contribution in [0.1, 0.15) is 40.5 Å². The Hall–Kier alpha value is -2.60. The Morgan fingerprint density at radius 3 is 2.41 bits per heavy atom. The third kappa shape index (κ3) is 5.26. The Morgan fingerprint density at radius 2 is 1.79 bits per heavy atom. The number of nitrogens with zero attached hydrogens (tertiary/aromatic N) is 3. The zero-order valence-electron chi connectivity index (χ0n) is 17.0. The number of aryl methyl sites for hydroxylation is 1. The number of halogens is 1. The normalized spacial score (nSPS) is 14.6. The lowest BCUT2D eigenvalue weighted by molar-refractivity contribution is -0.134. The van der Waals surface area contributed by atoms with E-state index < -0.39 is 0 Å². The molecule has 0 N–H and O–H groups in total. The molecule has 29 heavy (non-hydrogen) atoms. The monoisotopic (exact) mass is 415 g/mol. The summed E-state index contributed by atoms with van der Waals surface area (Å²) in [5.41, 5.74) is 2.38. The third-order valence-electron chi connectivity index (χ3n) is 5.11. The number of piperidine rings is 1. The van der Waals surface area contributed by atoms with E-state index in [1.807, 2.05) is 24.0 Å². The Bertz CT molecular complexity index is 875. The first-order chi connectivity index (χ1) is 13.8. The minimum Gasteiger partial charge on any atom is -0.484 e. The fourth-order valence-corrected chi connectivity index (χ4v) is 3.61. The van der Waals surface area contributed by atoms with Crippen molar-refractivity contribution < 1.29 is 14.3 Å². The van der Waals surface area contributed by atoms with E-state index in [4.69, 9.17) is 16.3 Å². The van der Waals surface area contributed by atoms with Crippen LogP contribution in [0.5, 0.6) is 5.75 Å². The summed E-state index contributed by atoms with van der Waals surface area (Å²) in [4.78, 5) is 33.1. The number of hydrogen-bond donors (Lipinski definition) is 0. The van der Waals surface area contributed by atoms with Crippen molar-refractivity contribution >= 4 is 23.4 Å². The molecule has 0 bridgehead atoms. The molecule has 1 fully saturated rings. The number of rotatable bonds is 5. The van der Waals surface area contributed by atoms with Crippen LogP contribution in [0.4, 0.5) is 0 Å². The second kappa shape index (κ2) is 9.27. The number of aromatic nitrogens is 1. The maximum absolute atomic E-state index is 12.5. The molecule has 3 rings (SSSR count). The van der Waals surface area contributed by atoms with E-state index in [1.54, 1.807) is 43.3 Å². The fourth-order valence-electron chi connectivity index (χ4n) is 3.48. The summed E-state index contributed by atoms with van der Waals surface area (Å²) in [6.45, 7) is 3.18. The molecule has 0 radical (unpaired) electrons. The smallest absolute Gasteiger partial charge is 0.260 e. The highest BCUT2D eigenvalue weighted by Gasteiger charge is 2.28. The van der Waals surface area contributed by atoms with Gasteiger partial charge < -0.3 is 14.5 Å². The standard InChI is InChI=1S/C22H26ClN3O3/c1-15-4-9-19(22(28)25(2)3)21(24-15)16-10-12-26(13-11-16)20(27)14-29-18-7-5-17(23)6-8-18/h4-9,16H,10-14H2,1-3H3. The topological polar surface area (TPSA) is 62.7 Å². The number of ether oxygens (including phenoxy) is 1. The van der Waals surface area contributed by atoms with Gasteiger partial charge in [0.1, 0.15) is 5.75 Å². The van der Waals surface area contributed by atoms with Crippen LogP contribution in [-0.4, -0.2) is 60.4 Å². The molecule has 1 saturated heterocycles. The van der Waals surface area contributed by atoms with Crippen molar-refractivity contribution in [3.8, 4) is 5.75 Å². The number of likely N-dealkylation sites (tertiary alicyclic amines) is 1. The lowest BCUT2D eigenvalue weighted by atomic mass is 9.89. The molecular formula is C22H26ClN3O3. The lowest BCUT2D eigenvalue weighted by Crippen LogP contribution is -2.41. The van der Waals surface area contributed by atoms with Gasteiger partial charge in [0.15, 0.2) is 6.61 Å². The highest BCUT2D eigenvalue weighted by molar-refractivity contribution is 6.30. The molecule has 0 saturated carbocycles. The minimum atomic E-state index is -0.0415. The predicted octanol–water partition coefficient (Wildman–Crippen LogP) is 3.53. The number of pyridine rings is 1. The largest absolute Gasteiger partial charge is 0.484 e. The van der Waals surface area contributed by atoms with Crippen molar-refractivity contribution in [3.05, 3.63) is 58.4 Å². The van der Waals surface area contributed by atoms with E-state index in [0.717, 1.165) is 24.2 Å². The zero-order chi connectivity index (χ0) is 21.0. The van der Waals surface area contributed by atoms with Crippen LogP contribution in [0.25, 0.3) is 0 Å². The molecular weight excluding hydrogens is 390 g/mol. The molecule has 0 spiro atoms. The Morgan fingerprint density at radius 1 is 1.14 bits per heavy atom. The molecule has 7 heteroatoms. The SMILES string of the molecule is Cc1ccc(C(=O)N(C)C)c(C2CCN(C(=O)COc3ccc(Cl)cc3)CC2)n1. The summed E-state index contributed by atoms with van der Waals surface area (Å²) in [7, 11) is 3.49. The average molecular weight is 416 g/mol. The number of amides is 2. The van der Waals surface area contributed by atoms with Gasteiger partial charge >= 0.3 is 0 Å². The molecule has 0 atom stereocenters. The highest BCUT2D eigenvalue weighted by Crippen LogP contribution is 2.30. The lowest BCUT2D eigenvalue weighted by Gasteiger charge is -2.32. The first-order valence-corrected chi connectivity index (χ1v) is 10.1. The molecule has 1 aliphatic rings. The van der Waals surface area contributed by atoms with Gasteiger partial charge in [-0.05, 0) is 56.2 Å². The second-order valence-electron chi connectivity index (χ2n) is 7.48. The van der Waals surface area contributed by atoms with Crippen LogP contribution in [-0.2, 0) is 4.79 Å². The van der Waals surface area contributed by atoms with Crippen LogP contribution < -0.4 is 4.74 Å². The molecule has 6 nitrogen and oxygen atoms in total. The van der Waals surface area contributed by atoms with Gasteiger partial charge in [-0.3, -0.25) is 14.6 Å². The molecule has 154 valence electrons. The van der Waals surface area contributed by atoms with E-state index in [-0.39, 0.29) is 24.3 Å². The number of hydrogen-bond acceptors (Lipinski definition) is 4. The third-order valence-corrected chi connectivity index (χ3v) is 5.36. The van der Waals surface area contributed by atoms with Crippen LogP contribution in [0.3, 0.4) is 0 Å². The Kier molecular flexibility index (Phi) is 6.75. The average Bonchev–Trinajstić information content (AvgIpc) is 2.72. The van der Waals surface area contributed by atoms with E-state index in [0.29, 0.717) is 29.4 Å². The van der Waals surface area contributed by atoms with Crippen LogP contribution >= 0.6 is 11.6 Å². The van der Waals surface area contributed by atoms with Gasteiger partial charge in [0.05, 0.1) is 11.3 Å². The van der Waals surface area contributed by atoms with Gasteiger partial charge in [0.25, 0.3) is 11.8 Å². The van der Waals surface area contributed by atoms with E-state index in [2.05, 4.69) is 4.98 Å². The fraction of sp³-hybridized carbons (Fsp3) is 0.409. The Balaban J connectivity index is 1.60. The van der Waals surface area contributed by atoms with Gasteiger partial charge in [-0.25, -0.2) is 0 Å². The Labute approximate surface area is 176 Å². The second-order valence-corrected chi connectivity index (χ2v) is 7.92. The molecule has 1 aromatic carbocycles. The van der Waals surface area contributed by atoms with Crippen molar-refractivity contribution in [3.63, 3.8) is 0 Å². The zero-order valence-corrected chi connectivity index (χ0v) is 17.8. The van der Waals surface area contributed by atoms with Crippen molar-refractivity contribution in [1.29, 1.82) is 0 Å². The summed E-state index contributed by atoms with van der Waals surface area (Å²) in [5, 5.41) is 0.627. The first-order valence-electron chi connectivity index (χ1n) is 9.70. The van der Waals surface area contributed by atoms with Gasteiger partial charge in [-0.2, -0.15) is 0 Å². The van der Waals surface area contributed by atoms with Crippen LogP contribution in [0.2, 0.25) is 5.02 Å². The molecule has 0 aliphatic carbocycles. The molecule has 2 heterocycles. The number of carbonyl (C=O) groups excluding carboxylic acids is 2. The van der Waals surface area contributed by atoms with E-state index >= 15 is 0 Å². The van der Waals surface area contributed by atoms with Gasteiger partial charge in [-0.15, -0.1) is 0 Å². The minimum absolute atomic E-state index is 0.000635.